The number of amides is 1. The zero-order chi connectivity index (χ0) is 19.7. The van der Waals surface area contributed by atoms with Crippen LogP contribution in [-0.2, 0) is 4.79 Å². The number of hydrogen-bond acceptors (Lipinski definition) is 4. The minimum atomic E-state index is -0.685. The van der Waals surface area contributed by atoms with Crippen molar-refractivity contribution in [2.75, 3.05) is 6.54 Å². The highest BCUT2D eigenvalue weighted by Crippen LogP contribution is 2.35. The predicted octanol–water partition coefficient (Wildman–Crippen LogP) is 4.53. The molecule has 0 radical (unpaired) electrons. The molecule has 0 aliphatic heterocycles. The van der Waals surface area contributed by atoms with Crippen molar-refractivity contribution >= 4 is 33.4 Å². The number of carbonyl (C=O) groups is 2. The molecule has 2 aliphatic rings. The second kappa shape index (κ2) is 8.23. The second-order valence-electron chi connectivity index (χ2n) is 8.42. The summed E-state index contributed by atoms with van der Waals surface area (Å²) < 4.78 is 2.17. The number of carbonyl (C=O) groups excluding carboxylic acids is 1. The maximum atomic E-state index is 12.7. The number of fused-ring (bicyclic) bond motifs is 1. The van der Waals surface area contributed by atoms with Crippen molar-refractivity contribution < 1.29 is 14.7 Å². The number of hydrogen-bond donors (Lipinski definition) is 2. The molecular weight excluding hydrogens is 374 g/mol. The molecule has 1 amide bonds. The van der Waals surface area contributed by atoms with E-state index < -0.39 is 5.97 Å². The fourth-order valence-corrected chi connectivity index (χ4v) is 5.84. The van der Waals surface area contributed by atoms with Gasteiger partial charge in [0.05, 0.1) is 22.5 Å². The standard InChI is InChI=1S/C21H29N3O3S/c1-13-17-11-18(28-20(17)24(23-13)16-5-3-2-4-6-16)19(25)22-12-14-7-9-15(10-8-14)21(26)27/h11,14-16H,2-10,12H2,1H3,(H,22,25)(H,26,27). The number of aromatic nitrogens is 2. The van der Waals surface area contributed by atoms with Gasteiger partial charge in [-0.05, 0) is 57.4 Å². The number of nitrogens with one attached hydrogen (secondary N) is 1. The maximum absolute atomic E-state index is 12.7. The molecule has 28 heavy (non-hydrogen) atoms. The highest BCUT2D eigenvalue weighted by atomic mass is 32.1. The predicted molar refractivity (Wildman–Crippen MR) is 110 cm³/mol. The van der Waals surface area contributed by atoms with Gasteiger partial charge in [0.2, 0.25) is 0 Å². The lowest BCUT2D eigenvalue weighted by Crippen LogP contribution is -2.32. The molecule has 0 atom stereocenters. The van der Waals surface area contributed by atoms with Crippen LogP contribution in [0.25, 0.3) is 10.2 Å². The Hall–Kier alpha value is -1.89. The Kier molecular flexibility index (Phi) is 5.71. The number of aliphatic carboxylic acids is 1. The summed E-state index contributed by atoms with van der Waals surface area (Å²) in [6.45, 7) is 2.66. The Morgan fingerprint density at radius 3 is 2.57 bits per heavy atom. The van der Waals surface area contributed by atoms with Gasteiger partial charge in [-0.3, -0.25) is 14.3 Å². The van der Waals surface area contributed by atoms with E-state index in [4.69, 9.17) is 10.2 Å². The fraction of sp³-hybridized carbons (Fsp3) is 0.667. The molecule has 2 aromatic rings. The summed E-state index contributed by atoms with van der Waals surface area (Å²) >= 11 is 1.55. The van der Waals surface area contributed by atoms with Crippen LogP contribution in [0, 0.1) is 18.8 Å². The molecule has 6 nitrogen and oxygen atoms in total. The average Bonchev–Trinajstić information content (AvgIpc) is 3.28. The van der Waals surface area contributed by atoms with Gasteiger partial charge >= 0.3 is 5.97 Å². The van der Waals surface area contributed by atoms with Crippen LogP contribution in [0.3, 0.4) is 0 Å². The molecule has 7 heteroatoms. The first-order valence-electron chi connectivity index (χ1n) is 10.5. The van der Waals surface area contributed by atoms with Gasteiger partial charge in [0.1, 0.15) is 4.83 Å². The Morgan fingerprint density at radius 2 is 1.89 bits per heavy atom. The van der Waals surface area contributed by atoms with E-state index in [1.165, 1.54) is 32.1 Å². The van der Waals surface area contributed by atoms with E-state index in [-0.39, 0.29) is 11.8 Å². The summed E-state index contributed by atoms with van der Waals surface area (Å²) in [5, 5.41) is 18.0. The van der Waals surface area contributed by atoms with Crippen LogP contribution in [0.15, 0.2) is 6.07 Å². The minimum Gasteiger partial charge on any atom is -0.481 e. The van der Waals surface area contributed by atoms with Crippen molar-refractivity contribution in [3.63, 3.8) is 0 Å². The topological polar surface area (TPSA) is 84.2 Å². The van der Waals surface area contributed by atoms with Crippen LogP contribution >= 0.6 is 11.3 Å². The van der Waals surface area contributed by atoms with Crippen LogP contribution < -0.4 is 5.32 Å². The molecule has 4 rings (SSSR count). The first-order chi connectivity index (χ1) is 13.5. The van der Waals surface area contributed by atoms with Gasteiger partial charge in [-0.25, -0.2) is 0 Å². The van der Waals surface area contributed by atoms with E-state index >= 15 is 0 Å². The third-order valence-corrected chi connectivity index (χ3v) is 7.58. The normalized spacial score (nSPS) is 23.8. The zero-order valence-corrected chi connectivity index (χ0v) is 17.3. The van der Waals surface area contributed by atoms with Gasteiger partial charge in [-0.15, -0.1) is 11.3 Å². The zero-order valence-electron chi connectivity index (χ0n) is 16.4. The molecule has 2 aromatic heterocycles. The second-order valence-corrected chi connectivity index (χ2v) is 9.45. The van der Waals surface area contributed by atoms with E-state index in [0.717, 1.165) is 46.5 Å². The lowest BCUT2D eigenvalue weighted by Gasteiger charge is -2.26. The van der Waals surface area contributed by atoms with E-state index in [1.54, 1.807) is 11.3 Å². The van der Waals surface area contributed by atoms with Crippen LogP contribution in [0.4, 0.5) is 0 Å². The van der Waals surface area contributed by atoms with E-state index in [0.29, 0.717) is 18.5 Å². The molecule has 0 unspecified atom stereocenters. The number of carboxylic acids is 1. The third-order valence-electron chi connectivity index (χ3n) is 6.46. The molecule has 2 fully saturated rings. The number of carboxylic acid groups (broad SMARTS) is 1. The quantitative estimate of drug-likeness (QED) is 0.768. The molecule has 0 bridgehead atoms. The number of thiophene rings is 1. The molecule has 0 aromatic carbocycles. The number of aryl methyl sites for hydroxylation is 1. The molecule has 2 saturated carbocycles. The number of nitrogens with zero attached hydrogens (tertiary/aromatic N) is 2. The average molecular weight is 404 g/mol. The molecule has 0 saturated heterocycles. The van der Waals surface area contributed by atoms with Crippen molar-refractivity contribution in [3.8, 4) is 0 Å². The maximum Gasteiger partial charge on any atom is 0.306 e. The van der Waals surface area contributed by atoms with Crippen molar-refractivity contribution in [3.05, 3.63) is 16.6 Å². The summed E-state index contributed by atoms with van der Waals surface area (Å²) in [5.74, 6) is -0.528. The largest absolute Gasteiger partial charge is 0.481 e. The summed E-state index contributed by atoms with van der Waals surface area (Å²) in [6, 6.07) is 2.45. The summed E-state index contributed by atoms with van der Waals surface area (Å²) in [7, 11) is 0. The van der Waals surface area contributed by atoms with E-state index in [1.807, 2.05) is 13.0 Å². The van der Waals surface area contributed by atoms with Gasteiger partial charge in [-0.2, -0.15) is 5.10 Å². The molecule has 152 valence electrons. The molecular formula is C21H29N3O3S. The lowest BCUT2D eigenvalue weighted by atomic mass is 9.82. The van der Waals surface area contributed by atoms with E-state index in [9.17, 15) is 9.59 Å². The molecule has 2 aliphatic carbocycles. The Labute approximate surface area is 169 Å². The SMILES string of the molecule is Cc1nn(C2CCCCC2)c2sc(C(=O)NCC3CCC(C(=O)O)CC3)cc12. The summed E-state index contributed by atoms with van der Waals surface area (Å²) in [5.41, 5.74) is 1.00. The smallest absolute Gasteiger partial charge is 0.306 e. The van der Waals surface area contributed by atoms with Crippen LogP contribution in [0.5, 0.6) is 0 Å². The van der Waals surface area contributed by atoms with E-state index in [2.05, 4.69) is 10.00 Å². The highest BCUT2D eigenvalue weighted by molar-refractivity contribution is 7.20. The van der Waals surface area contributed by atoms with Gasteiger partial charge in [0, 0.05) is 11.9 Å². The minimum absolute atomic E-state index is 0.0175. The van der Waals surface area contributed by atoms with Crippen molar-refractivity contribution in [1.82, 2.24) is 15.1 Å². The van der Waals surface area contributed by atoms with Gasteiger partial charge < -0.3 is 10.4 Å². The lowest BCUT2D eigenvalue weighted by molar-refractivity contribution is -0.143. The van der Waals surface area contributed by atoms with Gasteiger partial charge in [0.25, 0.3) is 5.91 Å². The van der Waals surface area contributed by atoms with Crippen molar-refractivity contribution in [1.29, 1.82) is 0 Å². The Morgan fingerprint density at radius 1 is 1.18 bits per heavy atom. The van der Waals surface area contributed by atoms with Crippen LogP contribution in [-0.4, -0.2) is 33.3 Å². The first kappa shape index (κ1) is 19.4. The summed E-state index contributed by atoms with van der Waals surface area (Å²) in [6.07, 6.45) is 9.36. The third kappa shape index (κ3) is 3.95. The summed E-state index contributed by atoms with van der Waals surface area (Å²) in [4.78, 5) is 25.6. The van der Waals surface area contributed by atoms with Gasteiger partial charge in [0.15, 0.2) is 0 Å². The van der Waals surface area contributed by atoms with Crippen molar-refractivity contribution in [2.45, 2.75) is 70.8 Å². The highest BCUT2D eigenvalue weighted by Gasteiger charge is 2.27. The molecule has 0 spiro atoms. The first-order valence-corrected chi connectivity index (χ1v) is 11.3. The van der Waals surface area contributed by atoms with Crippen LogP contribution in [0.2, 0.25) is 0 Å². The molecule has 2 heterocycles. The Bertz CT molecular complexity index is 858. The van der Waals surface area contributed by atoms with Crippen molar-refractivity contribution in [2.24, 2.45) is 11.8 Å². The Balaban J connectivity index is 1.40. The monoisotopic (exact) mass is 403 g/mol. The number of rotatable bonds is 5. The fourth-order valence-electron chi connectivity index (χ4n) is 4.69. The van der Waals surface area contributed by atoms with Gasteiger partial charge in [-0.1, -0.05) is 19.3 Å². The molecule has 2 N–H and O–H groups in total. The van der Waals surface area contributed by atoms with Crippen LogP contribution in [0.1, 0.15) is 79.2 Å².